The topological polar surface area (TPSA) is 40.0 Å². The van der Waals surface area contributed by atoms with E-state index in [0.717, 1.165) is 6.08 Å². The SMILES string of the molecule is CC1(C)OB(C2=CC(F)C(OC3(C(F)(F)F)CC3)N=C2)OC1(C)C. The molecule has 9 heteroatoms. The van der Waals surface area contributed by atoms with Gasteiger partial charge < -0.3 is 14.0 Å². The van der Waals surface area contributed by atoms with Crippen molar-refractivity contribution in [3.05, 3.63) is 11.5 Å². The second-order valence-electron chi connectivity index (χ2n) is 7.48. The summed E-state index contributed by atoms with van der Waals surface area (Å²) in [6.07, 6.45) is -5.70. The van der Waals surface area contributed by atoms with E-state index in [1.165, 1.54) is 6.21 Å². The molecule has 2 heterocycles. The highest BCUT2D eigenvalue weighted by Crippen LogP contribution is 2.53. The third-order valence-electron chi connectivity index (χ3n) is 5.09. The highest BCUT2D eigenvalue weighted by molar-refractivity contribution is 6.60. The second-order valence-corrected chi connectivity index (χ2v) is 7.48. The molecule has 0 radical (unpaired) electrons. The number of rotatable bonds is 3. The van der Waals surface area contributed by atoms with Gasteiger partial charge in [0.2, 0.25) is 0 Å². The molecule has 2 fully saturated rings. The highest BCUT2D eigenvalue weighted by atomic mass is 19.4. The Balaban J connectivity index is 1.69. The number of dihydropyridines is 1. The van der Waals surface area contributed by atoms with Gasteiger partial charge in [-0.05, 0) is 52.1 Å². The summed E-state index contributed by atoms with van der Waals surface area (Å²) in [4.78, 5) is 3.82. The van der Waals surface area contributed by atoms with Crippen molar-refractivity contribution in [1.82, 2.24) is 0 Å². The van der Waals surface area contributed by atoms with Crippen LogP contribution in [0.5, 0.6) is 0 Å². The Hall–Kier alpha value is -0.925. The summed E-state index contributed by atoms with van der Waals surface area (Å²) >= 11 is 0. The van der Waals surface area contributed by atoms with E-state index < -0.39 is 42.5 Å². The smallest absolute Gasteiger partial charge is 0.399 e. The summed E-state index contributed by atoms with van der Waals surface area (Å²) in [7, 11) is -0.810. The fourth-order valence-electron chi connectivity index (χ4n) is 2.58. The average Bonchev–Trinajstić information content (AvgIpc) is 3.16. The number of ether oxygens (including phenoxy) is 1. The summed E-state index contributed by atoms with van der Waals surface area (Å²) in [6.45, 7) is 7.41. The zero-order valence-electron chi connectivity index (χ0n) is 14.0. The standard InChI is InChI=1S/C15H20BF4NO3/c1-12(2)13(3,4)24-16(23-12)9-7-10(17)11(21-8-9)22-14(5-6-14)15(18,19)20/h7-8,10-11H,5-6H2,1-4H3. The third kappa shape index (κ3) is 2.90. The maximum absolute atomic E-state index is 14.3. The summed E-state index contributed by atoms with van der Waals surface area (Å²) < 4.78 is 69.5. The molecule has 1 saturated heterocycles. The van der Waals surface area contributed by atoms with Gasteiger partial charge in [-0.2, -0.15) is 13.2 Å². The van der Waals surface area contributed by atoms with Crippen molar-refractivity contribution in [2.24, 2.45) is 4.99 Å². The van der Waals surface area contributed by atoms with Crippen molar-refractivity contribution < 1.29 is 31.6 Å². The van der Waals surface area contributed by atoms with Crippen LogP contribution in [-0.2, 0) is 14.0 Å². The Morgan fingerprint density at radius 3 is 2.12 bits per heavy atom. The van der Waals surface area contributed by atoms with Gasteiger partial charge in [-0.1, -0.05) is 0 Å². The number of nitrogens with zero attached hydrogens (tertiary/aromatic N) is 1. The lowest BCUT2D eigenvalue weighted by atomic mass is 9.77. The van der Waals surface area contributed by atoms with Crippen LogP contribution in [0.25, 0.3) is 0 Å². The zero-order valence-corrected chi connectivity index (χ0v) is 14.0. The van der Waals surface area contributed by atoms with Crippen molar-refractivity contribution in [2.45, 2.75) is 75.9 Å². The minimum atomic E-state index is -4.52. The molecule has 0 bridgehead atoms. The molecule has 0 aromatic carbocycles. The van der Waals surface area contributed by atoms with E-state index in [0.29, 0.717) is 5.47 Å². The third-order valence-corrected chi connectivity index (χ3v) is 5.09. The van der Waals surface area contributed by atoms with E-state index in [4.69, 9.17) is 14.0 Å². The summed E-state index contributed by atoms with van der Waals surface area (Å²) in [6, 6.07) is 0. The predicted octanol–water partition coefficient (Wildman–Crippen LogP) is 3.40. The minimum absolute atomic E-state index is 0.164. The van der Waals surface area contributed by atoms with Gasteiger partial charge in [0.1, 0.15) is 0 Å². The van der Waals surface area contributed by atoms with Gasteiger partial charge in [0.05, 0.1) is 11.2 Å². The Bertz CT molecular complexity index is 568. The van der Waals surface area contributed by atoms with E-state index in [-0.39, 0.29) is 12.8 Å². The fourth-order valence-corrected chi connectivity index (χ4v) is 2.58. The Kier molecular flexibility index (Phi) is 3.94. The van der Waals surface area contributed by atoms with Crippen molar-refractivity contribution in [3.8, 4) is 0 Å². The maximum Gasteiger partial charge on any atom is 0.496 e. The molecule has 2 aliphatic heterocycles. The lowest BCUT2D eigenvalue weighted by Gasteiger charge is -2.32. The second kappa shape index (κ2) is 5.28. The van der Waals surface area contributed by atoms with Crippen LogP contribution >= 0.6 is 0 Å². The maximum atomic E-state index is 14.3. The molecular weight excluding hydrogens is 329 g/mol. The molecular formula is C15H20BF4NO3. The summed E-state index contributed by atoms with van der Waals surface area (Å²) in [5.74, 6) is 0. The van der Waals surface area contributed by atoms with Crippen molar-refractivity contribution >= 4 is 13.3 Å². The number of aliphatic imine (C=N–C) groups is 1. The predicted molar refractivity (Wildman–Crippen MR) is 80.4 cm³/mol. The molecule has 24 heavy (non-hydrogen) atoms. The number of alkyl halides is 4. The molecule has 0 N–H and O–H groups in total. The van der Waals surface area contributed by atoms with Crippen molar-refractivity contribution in [3.63, 3.8) is 0 Å². The molecule has 2 atom stereocenters. The summed E-state index contributed by atoms with van der Waals surface area (Å²) in [5, 5.41) is 0. The molecule has 1 aliphatic carbocycles. The van der Waals surface area contributed by atoms with E-state index >= 15 is 0 Å². The molecule has 0 spiro atoms. The lowest BCUT2D eigenvalue weighted by Crippen LogP contribution is -2.41. The first-order valence-electron chi connectivity index (χ1n) is 7.86. The number of allylic oxidation sites excluding steroid dienone is 1. The molecule has 4 nitrogen and oxygen atoms in total. The Morgan fingerprint density at radius 1 is 1.17 bits per heavy atom. The van der Waals surface area contributed by atoms with Crippen LogP contribution in [-0.4, -0.2) is 48.7 Å². The first-order valence-corrected chi connectivity index (χ1v) is 7.86. The molecule has 134 valence electrons. The fraction of sp³-hybridized carbons (Fsp3) is 0.800. The van der Waals surface area contributed by atoms with Gasteiger partial charge in [0.25, 0.3) is 0 Å². The molecule has 0 amide bonds. The number of hydrogen-bond acceptors (Lipinski definition) is 4. The highest BCUT2D eigenvalue weighted by Gasteiger charge is 2.66. The largest absolute Gasteiger partial charge is 0.496 e. The van der Waals surface area contributed by atoms with Crippen molar-refractivity contribution in [1.29, 1.82) is 0 Å². The van der Waals surface area contributed by atoms with Gasteiger partial charge in [-0.3, -0.25) is 4.99 Å². The Morgan fingerprint density at radius 2 is 1.71 bits per heavy atom. The summed E-state index contributed by atoms with van der Waals surface area (Å²) in [5.41, 5.74) is -3.10. The monoisotopic (exact) mass is 349 g/mol. The lowest BCUT2D eigenvalue weighted by molar-refractivity contribution is -0.251. The van der Waals surface area contributed by atoms with E-state index in [1.807, 2.05) is 27.7 Å². The van der Waals surface area contributed by atoms with Crippen molar-refractivity contribution in [2.75, 3.05) is 0 Å². The molecule has 0 aromatic heterocycles. The van der Waals surface area contributed by atoms with Crippen LogP contribution in [0.15, 0.2) is 16.5 Å². The first-order chi connectivity index (χ1) is 10.9. The van der Waals surface area contributed by atoms with Crippen LogP contribution in [0, 0.1) is 0 Å². The molecule has 2 unspecified atom stereocenters. The first kappa shape index (κ1) is 17.9. The van der Waals surface area contributed by atoms with Gasteiger partial charge in [-0.15, -0.1) is 0 Å². The minimum Gasteiger partial charge on any atom is -0.399 e. The zero-order chi connectivity index (χ0) is 18.0. The molecule has 3 aliphatic rings. The number of hydrogen-bond donors (Lipinski definition) is 0. The normalized spacial score (nSPS) is 33.5. The van der Waals surface area contributed by atoms with Crippen LogP contribution in [0.4, 0.5) is 17.6 Å². The molecule has 3 rings (SSSR count). The van der Waals surface area contributed by atoms with Gasteiger partial charge in [0, 0.05) is 6.21 Å². The van der Waals surface area contributed by atoms with Crippen LogP contribution in [0.1, 0.15) is 40.5 Å². The van der Waals surface area contributed by atoms with E-state index in [1.54, 1.807) is 0 Å². The van der Waals surface area contributed by atoms with Crippen LogP contribution in [0.2, 0.25) is 0 Å². The van der Waals surface area contributed by atoms with Gasteiger partial charge in [0.15, 0.2) is 18.0 Å². The van der Waals surface area contributed by atoms with E-state index in [9.17, 15) is 17.6 Å². The quantitative estimate of drug-likeness (QED) is 0.579. The van der Waals surface area contributed by atoms with Gasteiger partial charge in [-0.25, -0.2) is 4.39 Å². The van der Waals surface area contributed by atoms with Gasteiger partial charge >= 0.3 is 13.3 Å². The Labute approximate surface area is 138 Å². The average molecular weight is 349 g/mol. The molecule has 1 saturated carbocycles. The number of halogens is 4. The molecule has 0 aromatic rings. The van der Waals surface area contributed by atoms with E-state index in [2.05, 4.69) is 4.99 Å². The van der Waals surface area contributed by atoms with Crippen LogP contribution in [0.3, 0.4) is 0 Å². The van der Waals surface area contributed by atoms with Crippen LogP contribution < -0.4 is 0 Å².